The largest absolute Gasteiger partial charge is 0.493 e. The lowest BCUT2D eigenvalue weighted by atomic mass is 10.1. The number of hydrogen-bond acceptors (Lipinski definition) is 3. The Balaban J connectivity index is 2.01. The zero-order valence-corrected chi connectivity index (χ0v) is 10.3. The molecule has 0 radical (unpaired) electrons. The van der Waals surface area contributed by atoms with Crippen molar-refractivity contribution in [2.24, 2.45) is 5.92 Å². The molecule has 1 atom stereocenters. The van der Waals surface area contributed by atoms with Crippen molar-refractivity contribution in [3.05, 3.63) is 35.7 Å². The first-order valence-corrected chi connectivity index (χ1v) is 6.05. The predicted octanol–water partition coefficient (Wildman–Crippen LogP) is 2.34. The number of carboxylic acid groups (broad SMARTS) is 1. The Morgan fingerprint density at radius 3 is 3.05 bits per heavy atom. The monoisotopic (exact) mass is 266 g/mol. The van der Waals surface area contributed by atoms with E-state index in [-0.39, 0.29) is 0 Å². The number of rotatable bonds is 5. The van der Waals surface area contributed by atoms with Gasteiger partial charge >= 0.3 is 5.97 Å². The molecule has 1 aliphatic rings. The van der Waals surface area contributed by atoms with Gasteiger partial charge in [0.25, 0.3) is 0 Å². The molecule has 0 aromatic heterocycles. The first-order chi connectivity index (χ1) is 9.13. The van der Waals surface area contributed by atoms with E-state index in [0.29, 0.717) is 30.4 Å². The van der Waals surface area contributed by atoms with Gasteiger partial charge in [0.2, 0.25) is 0 Å². The number of ether oxygens (including phenoxy) is 2. The van der Waals surface area contributed by atoms with Crippen LogP contribution in [0.1, 0.15) is 12.0 Å². The minimum atomic E-state index is -1.07. The molecule has 1 unspecified atom stereocenters. The molecule has 2 rings (SSSR count). The molecule has 0 bridgehead atoms. The first-order valence-electron chi connectivity index (χ1n) is 6.05. The first kappa shape index (κ1) is 13.5. The molecule has 1 aliphatic heterocycles. The molecule has 19 heavy (non-hydrogen) atoms. The van der Waals surface area contributed by atoms with Crippen LogP contribution in [0.15, 0.2) is 24.3 Å². The lowest BCUT2D eigenvalue weighted by molar-refractivity contribution is -0.131. The Hall–Kier alpha value is -1.88. The van der Waals surface area contributed by atoms with E-state index in [2.05, 4.69) is 0 Å². The van der Waals surface area contributed by atoms with Crippen LogP contribution >= 0.6 is 0 Å². The summed E-state index contributed by atoms with van der Waals surface area (Å²) >= 11 is 0. The summed E-state index contributed by atoms with van der Waals surface area (Å²) in [6.45, 7) is 1.89. The molecule has 5 heteroatoms. The highest BCUT2D eigenvalue weighted by atomic mass is 19.1. The fourth-order valence-corrected chi connectivity index (χ4v) is 1.86. The van der Waals surface area contributed by atoms with Gasteiger partial charge in [-0.1, -0.05) is 0 Å². The van der Waals surface area contributed by atoms with E-state index in [1.54, 1.807) is 6.07 Å². The molecule has 1 fully saturated rings. The smallest absolute Gasteiger partial charge is 0.328 e. The van der Waals surface area contributed by atoms with Crippen molar-refractivity contribution in [1.82, 2.24) is 0 Å². The molecule has 0 saturated carbocycles. The topological polar surface area (TPSA) is 55.8 Å². The van der Waals surface area contributed by atoms with Crippen molar-refractivity contribution in [3.63, 3.8) is 0 Å². The molecule has 4 nitrogen and oxygen atoms in total. The third-order valence-electron chi connectivity index (χ3n) is 2.82. The van der Waals surface area contributed by atoms with Crippen molar-refractivity contribution in [2.45, 2.75) is 6.42 Å². The molecule has 1 aromatic rings. The molecule has 0 amide bonds. The third-order valence-corrected chi connectivity index (χ3v) is 2.82. The van der Waals surface area contributed by atoms with Gasteiger partial charge in [0.1, 0.15) is 11.6 Å². The van der Waals surface area contributed by atoms with Gasteiger partial charge in [-0.3, -0.25) is 0 Å². The number of aliphatic carboxylic acids is 1. The Kier molecular flexibility index (Phi) is 4.52. The average Bonchev–Trinajstić information content (AvgIpc) is 2.86. The zero-order valence-electron chi connectivity index (χ0n) is 10.3. The normalized spacial score (nSPS) is 18.9. The van der Waals surface area contributed by atoms with E-state index in [4.69, 9.17) is 14.6 Å². The SMILES string of the molecule is O=C(O)/C=C/c1cc(F)cc(OCC2CCOC2)c1. The maximum absolute atomic E-state index is 13.4. The second-order valence-electron chi connectivity index (χ2n) is 4.43. The average molecular weight is 266 g/mol. The maximum atomic E-state index is 13.4. The van der Waals surface area contributed by atoms with Crippen LogP contribution in [0.3, 0.4) is 0 Å². The fourth-order valence-electron chi connectivity index (χ4n) is 1.86. The van der Waals surface area contributed by atoms with Crippen molar-refractivity contribution in [2.75, 3.05) is 19.8 Å². The quantitative estimate of drug-likeness (QED) is 0.831. The van der Waals surface area contributed by atoms with Gasteiger partial charge in [0.05, 0.1) is 13.2 Å². The van der Waals surface area contributed by atoms with E-state index >= 15 is 0 Å². The van der Waals surface area contributed by atoms with Crippen molar-refractivity contribution >= 4 is 12.0 Å². The number of carbonyl (C=O) groups is 1. The fraction of sp³-hybridized carbons (Fsp3) is 0.357. The Bertz CT molecular complexity index is 478. The second-order valence-corrected chi connectivity index (χ2v) is 4.43. The summed E-state index contributed by atoms with van der Waals surface area (Å²) in [5.74, 6) is -0.793. The van der Waals surface area contributed by atoms with Crippen LogP contribution in [0.2, 0.25) is 0 Å². The van der Waals surface area contributed by atoms with Gasteiger partial charge in [-0.2, -0.15) is 0 Å². The molecule has 1 heterocycles. The third kappa shape index (κ3) is 4.37. The van der Waals surface area contributed by atoms with Crippen molar-refractivity contribution in [3.8, 4) is 5.75 Å². The van der Waals surface area contributed by atoms with E-state index < -0.39 is 11.8 Å². The summed E-state index contributed by atoms with van der Waals surface area (Å²) in [5.41, 5.74) is 0.458. The van der Waals surface area contributed by atoms with E-state index in [0.717, 1.165) is 19.1 Å². The minimum Gasteiger partial charge on any atom is -0.493 e. The number of hydrogen-bond donors (Lipinski definition) is 1. The van der Waals surface area contributed by atoms with Crippen LogP contribution in [0, 0.1) is 11.7 Å². The second kappa shape index (κ2) is 6.33. The van der Waals surface area contributed by atoms with Crippen LogP contribution in [-0.2, 0) is 9.53 Å². The minimum absolute atomic E-state index is 0.335. The highest BCUT2D eigenvalue weighted by Crippen LogP contribution is 2.20. The lowest BCUT2D eigenvalue weighted by Gasteiger charge is -2.11. The molecule has 0 spiro atoms. The highest BCUT2D eigenvalue weighted by Gasteiger charge is 2.16. The molecule has 1 aromatic carbocycles. The van der Waals surface area contributed by atoms with Gasteiger partial charge in [-0.05, 0) is 30.2 Å². The molecular formula is C14H15FO4. The maximum Gasteiger partial charge on any atom is 0.328 e. The zero-order chi connectivity index (χ0) is 13.7. The Labute approximate surface area is 110 Å². The van der Waals surface area contributed by atoms with Crippen LogP contribution in [-0.4, -0.2) is 30.9 Å². The number of benzene rings is 1. The summed E-state index contributed by atoms with van der Waals surface area (Å²) in [6, 6.07) is 4.15. The molecule has 0 aliphatic carbocycles. The number of carboxylic acids is 1. The van der Waals surface area contributed by atoms with Crippen LogP contribution in [0.5, 0.6) is 5.75 Å². The van der Waals surface area contributed by atoms with Gasteiger partial charge in [0.15, 0.2) is 0 Å². The van der Waals surface area contributed by atoms with Crippen molar-refractivity contribution in [1.29, 1.82) is 0 Å². The summed E-state index contributed by atoms with van der Waals surface area (Å²) in [7, 11) is 0. The Morgan fingerprint density at radius 1 is 1.53 bits per heavy atom. The van der Waals surface area contributed by atoms with Gasteiger partial charge in [-0.25, -0.2) is 9.18 Å². The molecule has 1 N–H and O–H groups in total. The summed E-state index contributed by atoms with van der Waals surface area (Å²) < 4.78 is 24.1. The highest BCUT2D eigenvalue weighted by molar-refractivity contribution is 5.85. The van der Waals surface area contributed by atoms with Crippen LogP contribution < -0.4 is 4.74 Å². The molecule has 102 valence electrons. The summed E-state index contributed by atoms with van der Waals surface area (Å²) in [4.78, 5) is 10.4. The van der Waals surface area contributed by atoms with E-state index in [1.807, 2.05) is 0 Å². The summed E-state index contributed by atoms with van der Waals surface area (Å²) in [6.07, 6.45) is 3.24. The van der Waals surface area contributed by atoms with E-state index in [9.17, 15) is 9.18 Å². The molecule has 1 saturated heterocycles. The van der Waals surface area contributed by atoms with Gasteiger partial charge in [-0.15, -0.1) is 0 Å². The standard InChI is InChI=1S/C14H15FO4/c15-12-5-10(1-2-14(16)17)6-13(7-12)19-9-11-3-4-18-8-11/h1-2,5-7,11H,3-4,8-9H2,(H,16,17)/b2-1+. The van der Waals surface area contributed by atoms with Gasteiger partial charge in [0, 0.05) is 24.7 Å². The van der Waals surface area contributed by atoms with Crippen LogP contribution in [0.4, 0.5) is 4.39 Å². The lowest BCUT2D eigenvalue weighted by Crippen LogP contribution is -2.11. The Morgan fingerprint density at radius 2 is 2.37 bits per heavy atom. The predicted molar refractivity (Wildman–Crippen MR) is 67.5 cm³/mol. The van der Waals surface area contributed by atoms with Crippen molar-refractivity contribution < 1.29 is 23.8 Å². The van der Waals surface area contributed by atoms with E-state index in [1.165, 1.54) is 18.2 Å². The number of halogens is 1. The molecular weight excluding hydrogens is 251 g/mol. The van der Waals surface area contributed by atoms with Crippen LogP contribution in [0.25, 0.3) is 6.08 Å². The summed E-state index contributed by atoms with van der Waals surface area (Å²) in [5, 5.41) is 8.53. The van der Waals surface area contributed by atoms with Gasteiger partial charge < -0.3 is 14.6 Å².